The summed E-state index contributed by atoms with van der Waals surface area (Å²) < 4.78 is 35.7. The van der Waals surface area contributed by atoms with Crippen LogP contribution in [0.25, 0.3) is 0 Å². The predicted octanol–water partition coefficient (Wildman–Crippen LogP) is 1.23. The van der Waals surface area contributed by atoms with E-state index in [0.29, 0.717) is 5.69 Å². The van der Waals surface area contributed by atoms with Crippen LogP contribution in [0.5, 0.6) is 0 Å². The summed E-state index contributed by atoms with van der Waals surface area (Å²) in [6.45, 7) is 0.220. The van der Waals surface area contributed by atoms with Gasteiger partial charge in [-0.15, -0.1) is 0 Å². The Morgan fingerprint density at radius 2 is 2.16 bits per heavy atom. The molecule has 0 bridgehead atoms. The molecular formula is C11H12BrFN2O3S. The van der Waals surface area contributed by atoms with Crippen molar-refractivity contribution in [2.24, 2.45) is 11.1 Å². The van der Waals surface area contributed by atoms with Gasteiger partial charge in [0.25, 0.3) is 0 Å². The summed E-state index contributed by atoms with van der Waals surface area (Å²) in [7, 11) is -3.62. The van der Waals surface area contributed by atoms with Crippen molar-refractivity contribution in [3.8, 4) is 0 Å². The quantitative estimate of drug-likeness (QED) is 0.890. The second-order valence-electron chi connectivity index (χ2n) is 4.48. The van der Waals surface area contributed by atoms with Gasteiger partial charge in [-0.3, -0.25) is 4.79 Å². The van der Waals surface area contributed by atoms with E-state index in [9.17, 15) is 17.6 Å². The summed E-state index contributed by atoms with van der Waals surface area (Å²) in [5, 5.41) is 4.97. The molecule has 1 aromatic rings. The Bertz CT molecular complexity index is 620. The van der Waals surface area contributed by atoms with Gasteiger partial charge in [0.2, 0.25) is 15.9 Å². The number of sulfonamides is 1. The minimum atomic E-state index is -3.62. The van der Waals surface area contributed by atoms with E-state index in [1.807, 2.05) is 0 Å². The molecule has 1 fully saturated rings. The summed E-state index contributed by atoms with van der Waals surface area (Å²) >= 11 is 3.09. The molecule has 0 aromatic heterocycles. The van der Waals surface area contributed by atoms with Crippen LogP contribution in [-0.2, 0) is 14.8 Å². The first kappa shape index (κ1) is 14.4. The summed E-state index contributed by atoms with van der Waals surface area (Å²) in [5.74, 6) is -1.32. The third-order valence-electron chi connectivity index (χ3n) is 2.90. The molecule has 104 valence electrons. The third-order valence-corrected chi connectivity index (χ3v) is 4.62. The number of rotatable bonds is 3. The number of hydrogen-bond acceptors (Lipinski definition) is 3. The SMILES string of the molecule is NS(=O)(=O)CC1CC(=O)N(c2cccc(F)c2Br)C1. The first-order chi connectivity index (χ1) is 8.78. The number of carbonyl (C=O) groups excluding carboxylic acids is 1. The van der Waals surface area contributed by atoms with E-state index >= 15 is 0 Å². The van der Waals surface area contributed by atoms with E-state index in [-0.39, 0.29) is 35.0 Å². The highest BCUT2D eigenvalue weighted by atomic mass is 79.9. The average molecular weight is 351 g/mol. The van der Waals surface area contributed by atoms with Crippen molar-refractivity contribution < 1.29 is 17.6 Å². The number of benzene rings is 1. The lowest BCUT2D eigenvalue weighted by atomic mass is 10.1. The molecule has 5 nitrogen and oxygen atoms in total. The Balaban J connectivity index is 2.23. The molecule has 1 aliphatic rings. The molecular weight excluding hydrogens is 339 g/mol. The minimum Gasteiger partial charge on any atom is -0.311 e. The zero-order valence-electron chi connectivity index (χ0n) is 9.84. The molecule has 0 radical (unpaired) electrons. The topological polar surface area (TPSA) is 80.5 Å². The fourth-order valence-electron chi connectivity index (χ4n) is 2.16. The normalized spacial score (nSPS) is 20.1. The van der Waals surface area contributed by atoms with E-state index in [4.69, 9.17) is 5.14 Å². The Morgan fingerprint density at radius 3 is 2.79 bits per heavy atom. The molecule has 1 unspecified atom stereocenters. The molecule has 1 atom stereocenters. The molecule has 0 aliphatic carbocycles. The number of nitrogens with zero attached hydrogens (tertiary/aromatic N) is 1. The molecule has 8 heteroatoms. The molecule has 1 aliphatic heterocycles. The third kappa shape index (κ3) is 3.31. The van der Waals surface area contributed by atoms with Gasteiger partial charge in [-0.25, -0.2) is 17.9 Å². The smallest absolute Gasteiger partial charge is 0.227 e. The highest BCUT2D eigenvalue weighted by Crippen LogP contribution is 2.33. The van der Waals surface area contributed by atoms with Crippen LogP contribution in [0, 0.1) is 11.7 Å². The Kier molecular flexibility index (Phi) is 3.93. The molecule has 2 N–H and O–H groups in total. The maximum absolute atomic E-state index is 13.4. The van der Waals surface area contributed by atoms with Crippen LogP contribution in [0.3, 0.4) is 0 Å². The Hall–Kier alpha value is -0.990. The lowest BCUT2D eigenvalue weighted by Gasteiger charge is -2.18. The van der Waals surface area contributed by atoms with Crippen molar-refractivity contribution in [3.63, 3.8) is 0 Å². The van der Waals surface area contributed by atoms with E-state index in [1.54, 1.807) is 6.07 Å². The average Bonchev–Trinajstić information content (AvgIpc) is 2.61. The van der Waals surface area contributed by atoms with Gasteiger partial charge >= 0.3 is 0 Å². The summed E-state index contributed by atoms with van der Waals surface area (Å²) in [4.78, 5) is 13.3. The lowest BCUT2D eigenvalue weighted by molar-refractivity contribution is -0.117. The fourth-order valence-corrected chi connectivity index (χ4v) is 3.51. The Morgan fingerprint density at radius 1 is 1.47 bits per heavy atom. The second-order valence-corrected chi connectivity index (χ2v) is 6.93. The van der Waals surface area contributed by atoms with Gasteiger partial charge in [-0.1, -0.05) is 6.07 Å². The molecule has 2 rings (SSSR count). The highest BCUT2D eigenvalue weighted by Gasteiger charge is 2.33. The summed E-state index contributed by atoms with van der Waals surface area (Å²) in [5.41, 5.74) is 0.405. The van der Waals surface area contributed by atoms with Crippen LogP contribution in [-0.4, -0.2) is 26.6 Å². The monoisotopic (exact) mass is 350 g/mol. The number of carbonyl (C=O) groups is 1. The van der Waals surface area contributed by atoms with Crippen molar-refractivity contribution >= 4 is 37.5 Å². The lowest BCUT2D eigenvalue weighted by Crippen LogP contribution is -2.27. The van der Waals surface area contributed by atoms with Crippen molar-refractivity contribution in [2.45, 2.75) is 6.42 Å². The molecule has 1 aromatic carbocycles. The number of primary sulfonamides is 1. The Labute approximate surface area is 118 Å². The molecule has 0 saturated carbocycles. The van der Waals surface area contributed by atoms with Crippen molar-refractivity contribution in [2.75, 3.05) is 17.2 Å². The molecule has 1 amide bonds. The number of halogens is 2. The van der Waals surface area contributed by atoms with Crippen LogP contribution in [0.1, 0.15) is 6.42 Å². The largest absolute Gasteiger partial charge is 0.311 e. The van der Waals surface area contributed by atoms with Gasteiger partial charge in [0.05, 0.1) is 15.9 Å². The summed E-state index contributed by atoms with van der Waals surface area (Å²) in [6, 6.07) is 4.37. The fraction of sp³-hybridized carbons (Fsp3) is 0.364. The minimum absolute atomic E-state index is 0.0966. The van der Waals surface area contributed by atoms with E-state index in [0.717, 1.165) is 0 Å². The van der Waals surface area contributed by atoms with Crippen molar-refractivity contribution in [1.82, 2.24) is 0 Å². The van der Waals surface area contributed by atoms with Crippen molar-refractivity contribution in [3.05, 3.63) is 28.5 Å². The standard InChI is InChI=1S/C11H12BrFN2O3S/c12-11-8(13)2-1-3-9(11)15-5-7(4-10(15)16)6-19(14,17)18/h1-3,7H,4-6H2,(H2,14,17,18). The zero-order chi connectivity index (χ0) is 14.2. The number of anilines is 1. The van der Waals surface area contributed by atoms with Gasteiger partial charge in [0.1, 0.15) is 5.82 Å². The van der Waals surface area contributed by atoms with Crippen LogP contribution in [0.4, 0.5) is 10.1 Å². The second kappa shape index (κ2) is 5.18. The molecule has 1 saturated heterocycles. The number of hydrogen-bond donors (Lipinski definition) is 1. The zero-order valence-corrected chi connectivity index (χ0v) is 12.2. The van der Waals surface area contributed by atoms with E-state index in [2.05, 4.69) is 15.9 Å². The molecule has 1 heterocycles. The van der Waals surface area contributed by atoms with Crippen LogP contribution >= 0.6 is 15.9 Å². The van der Waals surface area contributed by atoms with Gasteiger partial charge < -0.3 is 4.90 Å². The molecule has 19 heavy (non-hydrogen) atoms. The first-order valence-corrected chi connectivity index (χ1v) is 8.03. The van der Waals surface area contributed by atoms with E-state index in [1.165, 1.54) is 17.0 Å². The molecule has 0 spiro atoms. The van der Waals surface area contributed by atoms with Crippen LogP contribution < -0.4 is 10.0 Å². The maximum Gasteiger partial charge on any atom is 0.227 e. The highest BCUT2D eigenvalue weighted by molar-refractivity contribution is 9.10. The predicted molar refractivity (Wildman–Crippen MR) is 72.5 cm³/mol. The van der Waals surface area contributed by atoms with E-state index < -0.39 is 15.8 Å². The number of nitrogens with two attached hydrogens (primary N) is 1. The maximum atomic E-state index is 13.4. The number of amides is 1. The van der Waals surface area contributed by atoms with Gasteiger partial charge in [-0.05, 0) is 28.1 Å². The van der Waals surface area contributed by atoms with Gasteiger partial charge in [0, 0.05) is 18.9 Å². The first-order valence-electron chi connectivity index (χ1n) is 5.53. The van der Waals surface area contributed by atoms with Gasteiger partial charge in [0.15, 0.2) is 0 Å². The summed E-state index contributed by atoms with van der Waals surface area (Å²) in [6.07, 6.45) is 0.0966. The van der Waals surface area contributed by atoms with Crippen LogP contribution in [0.15, 0.2) is 22.7 Å². The van der Waals surface area contributed by atoms with Crippen LogP contribution in [0.2, 0.25) is 0 Å². The van der Waals surface area contributed by atoms with Gasteiger partial charge in [-0.2, -0.15) is 0 Å². The van der Waals surface area contributed by atoms with Crippen molar-refractivity contribution in [1.29, 1.82) is 0 Å².